The van der Waals surface area contributed by atoms with E-state index in [4.69, 9.17) is 9.47 Å². The molecule has 110 valence electrons. The first-order chi connectivity index (χ1) is 10.0. The Morgan fingerprint density at radius 1 is 1.10 bits per heavy atom. The SMILES string of the molecule is FC(F)(F)CCc1ccnc(-c2ccc3c(c2)OCO3)n1. The molecule has 1 aromatic carbocycles. The second kappa shape index (κ2) is 5.23. The smallest absolute Gasteiger partial charge is 0.389 e. The van der Waals surface area contributed by atoms with Gasteiger partial charge in [0.15, 0.2) is 17.3 Å². The van der Waals surface area contributed by atoms with Gasteiger partial charge in [-0.1, -0.05) is 0 Å². The molecule has 0 radical (unpaired) electrons. The molecule has 0 unspecified atom stereocenters. The maximum absolute atomic E-state index is 12.2. The highest BCUT2D eigenvalue weighted by Crippen LogP contribution is 2.35. The first kappa shape index (κ1) is 13.7. The molecule has 2 heterocycles. The lowest BCUT2D eigenvalue weighted by Crippen LogP contribution is -2.09. The topological polar surface area (TPSA) is 44.2 Å². The largest absolute Gasteiger partial charge is 0.454 e. The number of rotatable bonds is 3. The average molecular weight is 296 g/mol. The summed E-state index contributed by atoms with van der Waals surface area (Å²) in [5, 5.41) is 0. The normalized spacial score (nSPS) is 13.5. The molecule has 0 bridgehead atoms. The molecule has 1 aromatic heterocycles. The van der Waals surface area contributed by atoms with Crippen molar-refractivity contribution in [2.75, 3.05) is 6.79 Å². The lowest BCUT2D eigenvalue weighted by atomic mass is 10.1. The van der Waals surface area contributed by atoms with Gasteiger partial charge in [0.2, 0.25) is 6.79 Å². The summed E-state index contributed by atoms with van der Waals surface area (Å²) < 4.78 is 47.2. The molecule has 7 heteroatoms. The second-order valence-electron chi connectivity index (χ2n) is 4.55. The van der Waals surface area contributed by atoms with E-state index in [0.29, 0.717) is 28.6 Å². The zero-order valence-electron chi connectivity index (χ0n) is 10.9. The molecule has 0 saturated heterocycles. The third kappa shape index (κ3) is 3.24. The number of benzene rings is 1. The number of aromatic nitrogens is 2. The van der Waals surface area contributed by atoms with Crippen LogP contribution >= 0.6 is 0 Å². The molecule has 0 atom stereocenters. The summed E-state index contributed by atoms with van der Waals surface area (Å²) in [6.45, 7) is 0.158. The van der Waals surface area contributed by atoms with E-state index in [9.17, 15) is 13.2 Å². The van der Waals surface area contributed by atoms with Crippen LogP contribution in [0, 0.1) is 0 Å². The van der Waals surface area contributed by atoms with Crippen molar-refractivity contribution in [1.82, 2.24) is 9.97 Å². The van der Waals surface area contributed by atoms with Gasteiger partial charge in [-0.3, -0.25) is 0 Å². The fraction of sp³-hybridized carbons (Fsp3) is 0.286. The number of ether oxygens (including phenoxy) is 2. The highest BCUT2D eigenvalue weighted by molar-refractivity contribution is 5.61. The van der Waals surface area contributed by atoms with Gasteiger partial charge < -0.3 is 9.47 Å². The number of halogens is 3. The molecule has 0 fully saturated rings. The fourth-order valence-electron chi connectivity index (χ4n) is 1.98. The van der Waals surface area contributed by atoms with Crippen LogP contribution in [0.3, 0.4) is 0 Å². The summed E-state index contributed by atoms with van der Waals surface area (Å²) in [6, 6.07) is 6.67. The highest BCUT2D eigenvalue weighted by Gasteiger charge is 2.26. The molecular formula is C14H11F3N2O2. The van der Waals surface area contributed by atoms with Crippen LogP contribution in [-0.4, -0.2) is 22.9 Å². The van der Waals surface area contributed by atoms with Crippen molar-refractivity contribution >= 4 is 0 Å². The van der Waals surface area contributed by atoms with E-state index in [-0.39, 0.29) is 13.2 Å². The molecule has 0 amide bonds. The molecule has 2 aromatic rings. The Hall–Kier alpha value is -2.31. The number of nitrogens with zero attached hydrogens (tertiary/aromatic N) is 2. The quantitative estimate of drug-likeness (QED) is 0.871. The number of hydrogen-bond acceptors (Lipinski definition) is 4. The number of hydrogen-bond donors (Lipinski definition) is 0. The minimum atomic E-state index is -4.19. The van der Waals surface area contributed by atoms with Gasteiger partial charge in [-0.2, -0.15) is 13.2 Å². The lowest BCUT2D eigenvalue weighted by molar-refractivity contribution is -0.134. The predicted octanol–water partition coefficient (Wildman–Crippen LogP) is 3.37. The van der Waals surface area contributed by atoms with E-state index >= 15 is 0 Å². The van der Waals surface area contributed by atoms with Crippen molar-refractivity contribution in [3.05, 3.63) is 36.2 Å². The lowest BCUT2D eigenvalue weighted by Gasteiger charge is -2.07. The minimum absolute atomic E-state index is 0.158. The summed E-state index contributed by atoms with van der Waals surface area (Å²) in [5.41, 5.74) is 1.03. The van der Waals surface area contributed by atoms with Gasteiger partial charge in [0.1, 0.15) is 0 Å². The Kier molecular flexibility index (Phi) is 3.40. The molecule has 3 rings (SSSR count). The van der Waals surface area contributed by atoms with Crippen LogP contribution in [0.15, 0.2) is 30.5 Å². The molecule has 1 aliphatic heterocycles. The predicted molar refractivity (Wildman–Crippen MR) is 68.0 cm³/mol. The number of aryl methyl sites for hydroxylation is 1. The molecule has 21 heavy (non-hydrogen) atoms. The summed E-state index contributed by atoms with van der Waals surface area (Å²) in [6.07, 6.45) is -3.79. The third-order valence-corrected chi connectivity index (χ3v) is 3.01. The van der Waals surface area contributed by atoms with Crippen LogP contribution in [0.1, 0.15) is 12.1 Å². The fourth-order valence-corrected chi connectivity index (χ4v) is 1.98. The summed E-state index contributed by atoms with van der Waals surface area (Å²) in [4.78, 5) is 8.25. The molecule has 1 aliphatic rings. The Morgan fingerprint density at radius 2 is 1.90 bits per heavy atom. The van der Waals surface area contributed by atoms with Gasteiger partial charge in [0, 0.05) is 23.9 Å². The maximum atomic E-state index is 12.2. The summed E-state index contributed by atoms with van der Waals surface area (Å²) >= 11 is 0. The van der Waals surface area contributed by atoms with Crippen LogP contribution in [0.25, 0.3) is 11.4 Å². The first-order valence-electron chi connectivity index (χ1n) is 6.30. The van der Waals surface area contributed by atoms with Crippen molar-refractivity contribution < 1.29 is 22.6 Å². The van der Waals surface area contributed by atoms with Crippen LogP contribution < -0.4 is 9.47 Å². The van der Waals surface area contributed by atoms with Gasteiger partial charge >= 0.3 is 6.18 Å². The maximum Gasteiger partial charge on any atom is 0.389 e. The Balaban J connectivity index is 1.82. The van der Waals surface area contributed by atoms with Crippen molar-refractivity contribution in [3.63, 3.8) is 0 Å². The van der Waals surface area contributed by atoms with Gasteiger partial charge in [0.25, 0.3) is 0 Å². The van der Waals surface area contributed by atoms with Crippen molar-refractivity contribution in [1.29, 1.82) is 0 Å². The molecule has 0 aliphatic carbocycles. The molecule has 0 spiro atoms. The van der Waals surface area contributed by atoms with Crippen molar-refractivity contribution in [2.45, 2.75) is 19.0 Å². The van der Waals surface area contributed by atoms with Crippen LogP contribution in [0.4, 0.5) is 13.2 Å². The van der Waals surface area contributed by atoms with Crippen LogP contribution in [0.2, 0.25) is 0 Å². The van der Waals surface area contributed by atoms with Crippen LogP contribution in [0.5, 0.6) is 11.5 Å². The van der Waals surface area contributed by atoms with E-state index in [0.717, 1.165) is 0 Å². The average Bonchev–Trinajstić information content (AvgIpc) is 2.92. The van der Waals surface area contributed by atoms with E-state index in [2.05, 4.69) is 9.97 Å². The molecule has 0 saturated carbocycles. The second-order valence-corrected chi connectivity index (χ2v) is 4.55. The highest BCUT2D eigenvalue weighted by atomic mass is 19.4. The number of fused-ring (bicyclic) bond motifs is 1. The summed E-state index contributed by atoms with van der Waals surface area (Å²) in [5.74, 6) is 1.58. The van der Waals surface area contributed by atoms with E-state index in [1.165, 1.54) is 12.3 Å². The van der Waals surface area contributed by atoms with E-state index in [1.807, 2.05) is 0 Å². The van der Waals surface area contributed by atoms with Gasteiger partial charge in [-0.05, 0) is 30.7 Å². The minimum Gasteiger partial charge on any atom is -0.454 e. The van der Waals surface area contributed by atoms with Crippen molar-refractivity contribution in [3.8, 4) is 22.9 Å². The van der Waals surface area contributed by atoms with E-state index in [1.54, 1.807) is 18.2 Å². The number of alkyl halides is 3. The zero-order chi connectivity index (χ0) is 14.9. The van der Waals surface area contributed by atoms with Gasteiger partial charge in [-0.25, -0.2) is 9.97 Å². The monoisotopic (exact) mass is 296 g/mol. The summed E-state index contributed by atoms with van der Waals surface area (Å²) in [7, 11) is 0. The Bertz CT molecular complexity index is 659. The molecule has 4 nitrogen and oxygen atoms in total. The third-order valence-electron chi connectivity index (χ3n) is 3.01. The van der Waals surface area contributed by atoms with Gasteiger partial charge in [0.05, 0.1) is 0 Å². The van der Waals surface area contributed by atoms with E-state index < -0.39 is 12.6 Å². The standard InChI is InChI=1S/C14H11F3N2O2/c15-14(16,17)5-3-10-4-6-18-13(19-10)9-1-2-11-12(7-9)21-8-20-11/h1-2,4,6-7H,3,5,8H2. The first-order valence-corrected chi connectivity index (χ1v) is 6.30. The Morgan fingerprint density at radius 3 is 2.71 bits per heavy atom. The van der Waals surface area contributed by atoms with Crippen LogP contribution in [-0.2, 0) is 6.42 Å². The zero-order valence-corrected chi connectivity index (χ0v) is 10.9. The Labute approximate surface area is 118 Å². The molecule has 0 N–H and O–H groups in total. The van der Waals surface area contributed by atoms with Crippen molar-refractivity contribution in [2.24, 2.45) is 0 Å². The molecular weight excluding hydrogens is 285 g/mol. The van der Waals surface area contributed by atoms with Gasteiger partial charge in [-0.15, -0.1) is 0 Å².